The average molecular weight is 175 g/mol. The van der Waals surface area contributed by atoms with Crippen molar-refractivity contribution in [1.29, 1.82) is 0 Å². The molecule has 5 atom stereocenters. The number of ether oxygens (including phenoxy) is 1. The minimum Gasteiger partial charge on any atom is -0.389 e. The third kappa shape index (κ3) is 0.879. The summed E-state index contributed by atoms with van der Waals surface area (Å²) in [5, 5.41) is 10.0. The maximum atomic E-state index is 9.85. The zero-order chi connectivity index (χ0) is 8.93. The van der Waals surface area contributed by atoms with Crippen molar-refractivity contribution in [1.82, 2.24) is 0 Å². The van der Waals surface area contributed by atoms with Crippen molar-refractivity contribution in [2.75, 3.05) is 5.75 Å². The van der Waals surface area contributed by atoms with E-state index in [0.717, 1.165) is 5.75 Å². The first-order chi connectivity index (χ1) is 5.58. The second-order valence-electron chi connectivity index (χ2n) is 3.29. The molecule has 1 N–H and O–H groups in total. The Morgan fingerprint density at radius 3 is 2.91 bits per heavy atom. The maximum Gasteiger partial charge on any atom is 0.104 e. The lowest BCUT2D eigenvalue weighted by Crippen LogP contribution is -2.38. The summed E-state index contributed by atoms with van der Waals surface area (Å²) >= 11 is 1.74. The lowest BCUT2D eigenvalue weighted by Gasteiger charge is -2.28. The van der Waals surface area contributed by atoms with Gasteiger partial charge < -0.3 is 9.84 Å². The molecule has 2 saturated heterocycles. The van der Waals surface area contributed by atoms with Gasteiger partial charge in [0.25, 0.3) is 0 Å². The van der Waals surface area contributed by atoms with Gasteiger partial charge in [-0.25, -0.2) is 0 Å². The van der Waals surface area contributed by atoms with E-state index in [9.17, 15) is 5.11 Å². The molecule has 11 heavy (non-hydrogen) atoms. The van der Waals surface area contributed by atoms with Gasteiger partial charge in [0.1, 0.15) is 5.60 Å². The fourth-order valence-electron chi connectivity index (χ4n) is 1.91. The van der Waals surface area contributed by atoms with E-state index in [2.05, 4.69) is 0 Å². The lowest BCUT2D eigenvalue weighted by molar-refractivity contribution is -0.0630. The number of thioether (sulfide) groups is 1. The van der Waals surface area contributed by atoms with E-state index in [0.29, 0.717) is 0 Å². The number of hydrogen-bond donors (Lipinski definition) is 1. The van der Waals surface area contributed by atoms with Crippen LogP contribution in [0, 0.1) is 0 Å². The molecule has 0 saturated carbocycles. The van der Waals surface area contributed by atoms with Crippen molar-refractivity contribution < 1.29 is 11.2 Å². The molecule has 64 valence electrons. The Kier molecular flexibility index (Phi) is 1.46. The minimum absolute atomic E-state index is 0.103. The lowest BCUT2D eigenvalue weighted by atomic mass is 9.96. The summed E-state index contributed by atoms with van der Waals surface area (Å²) < 4.78 is 13.3. The highest BCUT2D eigenvalue weighted by atomic mass is 32.2. The zero-order valence-electron chi connectivity index (χ0n) is 7.78. The molecule has 2 aliphatic rings. The number of aliphatic hydroxyl groups is 1. The van der Waals surface area contributed by atoms with E-state index in [4.69, 9.17) is 6.11 Å². The molecule has 0 aliphatic carbocycles. The topological polar surface area (TPSA) is 29.5 Å². The summed E-state index contributed by atoms with van der Waals surface area (Å²) in [5.41, 5.74) is -0.575. The van der Waals surface area contributed by atoms with E-state index in [-0.39, 0.29) is 17.8 Å². The van der Waals surface area contributed by atoms with Crippen LogP contribution < -0.4 is 0 Å². The van der Waals surface area contributed by atoms with Gasteiger partial charge in [0, 0.05) is 7.12 Å². The summed E-state index contributed by atoms with van der Waals surface area (Å²) in [6, 6.07) is 0. The van der Waals surface area contributed by atoms with E-state index >= 15 is 0 Å². The molecule has 2 bridgehead atoms. The molecule has 3 heteroatoms. The van der Waals surface area contributed by atoms with Crippen LogP contribution in [0.15, 0.2) is 0 Å². The van der Waals surface area contributed by atoms with Crippen molar-refractivity contribution in [2.24, 2.45) is 0 Å². The van der Waals surface area contributed by atoms with Crippen molar-refractivity contribution in [3.8, 4) is 0 Å². The molecule has 0 aromatic heterocycles. The minimum atomic E-state index is -0.575. The van der Waals surface area contributed by atoms with Gasteiger partial charge in [0.15, 0.2) is 0 Å². The highest BCUT2D eigenvalue weighted by Crippen LogP contribution is 2.48. The summed E-state index contributed by atoms with van der Waals surface area (Å²) in [6.45, 7) is 3.77. The van der Waals surface area contributed by atoms with Gasteiger partial charge in [-0.05, 0) is 13.3 Å². The first kappa shape index (κ1) is 6.75. The Hall–Kier alpha value is 0.270. The van der Waals surface area contributed by atoms with E-state index in [1.165, 1.54) is 0 Å². The standard InChI is InChI=1S/C8H14O2S/c1-3-8-4-11-6(7(8)9)5(2)10-8/h5-7,9H,3-4H2,1-2H3/t5-,6-,7-,8?/m0/s1/i3D/t3-,5-,6-,7-,8?. The molecule has 2 nitrogen and oxygen atoms in total. The molecule has 0 amide bonds. The fraction of sp³-hybridized carbons (Fsp3) is 1.00. The van der Waals surface area contributed by atoms with Crippen molar-refractivity contribution >= 4 is 11.8 Å². The second-order valence-corrected chi connectivity index (χ2v) is 4.45. The smallest absolute Gasteiger partial charge is 0.104 e. The van der Waals surface area contributed by atoms with E-state index in [1.807, 2.05) is 6.92 Å². The van der Waals surface area contributed by atoms with Crippen molar-refractivity contribution in [2.45, 2.75) is 43.3 Å². The van der Waals surface area contributed by atoms with Crippen LogP contribution in [-0.2, 0) is 4.74 Å². The Balaban J connectivity index is 2.27. The molecular weight excluding hydrogens is 160 g/mol. The largest absolute Gasteiger partial charge is 0.389 e. The first-order valence-corrected chi connectivity index (χ1v) is 5.02. The van der Waals surface area contributed by atoms with Gasteiger partial charge in [-0.1, -0.05) is 6.92 Å². The second kappa shape index (κ2) is 2.38. The van der Waals surface area contributed by atoms with Crippen LogP contribution in [0.2, 0.25) is 0 Å². The van der Waals surface area contributed by atoms with Crippen LogP contribution >= 0.6 is 11.8 Å². The van der Waals surface area contributed by atoms with E-state index < -0.39 is 11.7 Å². The van der Waals surface area contributed by atoms with Gasteiger partial charge >= 0.3 is 0 Å². The number of fused-ring (bicyclic) bond motifs is 2. The molecule has 2 fully saturated rings. The van der Waals surface area contributed by atoms with Gasteiger partial charge in [-0.15, -0.1) is 11.8 Å². The Labute approximate surface area is 72.7 Å². The third-order valence-corrected chi connectivity index (χ3v) is 4.31. The van der Waals surface area contributed by atoms with Crippen molar-refractivity contribution in [3.63, 3.8) is 0 Å². The molecule has 1 unspecified atom stereocenters. The van der Waals surface area contributed by atoms with Crippen LogP contribution in [0.1, 0.15) is 21.6 Å². The number of rotatable bonds is 1. The summed E-state index contributed by atoms with van der Waals surface area (Å²) in [5.74, 6) is 0.772. The SMILES string of the molecule is [2H][C@@H](C)C12CS[C@@H]([C@H](C)O1)[C@@H]2O. The van der Waals surface area contributed by atoms with Gasteiger partial charge in [0.05, 0.1) is 17.5 Å². The van der Waals surface area contributed by atoms with Gasteiger partial charge in [-0.3, -0.25) is 0 Å². The highest BCUT2D eigenvalue weighted by Gasteiger charge is 2.57. The van der Waals surface area contributed by atoms with E-state index in [1.54, 1.807) is 18.7 Å². The molecule has 2 heterocycles. The van der Waals surface area contributed by atoms with Crippen LogP contribution in [0.4, 0.5) is 0 Å². The average Bonchev–Trinajstić information content (AvgIpc) is 2.42. The number of aliphatic hydroxyl groups excluding tert-OH is 1. The molecular formula is C8H14O2S. The predicted molar refractivity (Wildman–Crippen MR) is 45.8 cm³/mol. The summed E-state index contributed by atoms with van der Waals surface area (Å²) in [7, 11) is 0. The molecule has 0 radical (unpaired) electrons. The predicted octanol–water partition coefficient (Wildman–Crippen LogP) is 1.03. The Morgan fingerprint density at radius 2 is 2.64 bits per heavy atom. The first-order valence-electron chi connectivity index (χ1n) is 4.55. The highest BCUT2D eigenvalue weighted by molar-refractivity contribution is 8.00. The quantitative estimate of drug-likeness (QED) is 0.645. The fourth-order valence-corrected chi connectivity index (χ4v) is 3.51. The van der Waals surface area contributed by atoms with Crippen LogP contribution in [-0.4, -0.2) is 33.9 Å². The molecule has 0 aromatic rings. The van der Waals surface area contributed by atoms with Crippen LogP contribution in [0.25, 0.3) is 0 Å². The zero-order valence-corrected chi connectivity index (χ0v) is 7.60. The third-order valence-electron chi connectivity index (χ3n) is 2.67. The molecule has 0 spiro atoms. The Bertz CT molecular complexity index is 199. The van der Waals surface area contributed by atoms with Crippen molar-refractivity contribution in [3.05, 3.63) is 0 Å². The van der Waals surface area contributed by atoms with Crippen LogP contribution in [0.5, 0.6) is 0 Å². The molecule has 2 rings (SSSR count). The maximum absolute atomic E-state index is 9.85. The molecule has 2 aliphatic heterocycles. The van der Waals surface area contributed by atoms with Gasteiger partial charge in [-0.2, -0.15) is 0 Å². The molecule has 0 aromatic carbocycles. The normalized spacial score (nSPS) is 59.5. The summed E-state index contributed by atoms with van der Waals surface area (Å²) in [4.78, 5) is 0. The summed E-state index contributed by atoms with van der Waals surface area (Å²) in [6.07, 6.45) is -0.675. The van der Waals surface area contributed by atoms with Gasteiger partial charge in [0.2, 0.25) is 0 Å². The van der Waals surface area contributed by atoms with Crippen LogP contribution in [0.3, 0.4) is 0 Å². The monoisotopic (exact) mass is 175 g/mol. The Morgan fingerprint density at radius 1 is 1.91 bits per heavy atom. The number of hydrogen-bond acceptors (Lipinski definition) is 3.